The first-order valence-corrected chi connectivity index (χ1v) is 11.4. The highest BCUT2D eigenvalue weighted by Crippen LogP contribution is 2.18. The molecule has 2 amide bonds. The Morgan fingerprint density at radius 1 is 1.07 bits per heavy atom. The molecule has 0 bridgehead atoms. The van der Waals surface area contributed by atoms with E-state index in [0.717, 1.165) is 29.1 Å². The average Bonchev–Trinajstić information content (AvgIpc) is 2.76. The Bertz CT molecular complexity index is 806. The van der Waals surface area contributed by atoms with Gasteiger partial charge in [0.05, 0.1) is 12.9 Å². The number of hydrogen-bond donors (Lipinski definition) is 1. The van der Waals surface area contributed by atoms with Crippen molar-refractivity contribution in [3.05, 3.63) is 65.2 Å². The molecule has 0 aliphatic carbocycles. The average molecular weight is 429 g/mol. The standard InChI is InChI=1S/C24H32N2O3S/c1-5-14-25-24(28)19(3)26(15-20-8-6-18(2)7-9-20)23(27)17-30-16-21-10-12-22(29-4)13-11-21/h6-13,19H,5,14-17H2,1-4H3,(H,25,28)/t19-/m0/s1. The van der Waals surface area contributed by atoms with Gasteiger partial charge in [0.25, 0.3) is 0 Å². The van der Waals surface area contributed by atoms with Crippen LogP contribution >= 0.6 is 11.8 Å². The van der Waals surface area contributed by atoms with E-state index in [9.17, 15) is 9.59 Å². The van der Waals surface area contributed by atoms with Crippen LogP contribution in [0, 0.1) is 6.92 Å². The molecule has 0 saturated carbocycles. The molecule has 30 heavy (non-hydrogen) atoms. The number of nitrogens with one attached hydrogen (secondary N) is 1. The third kappa shape index (κ3) is 7.41. The van der Waals surface area contributed by atoms with Crippen molar-refractivity contribution in [2.75, 3.05) is 19.4 Å². The summed E-state index contributed by atoms with van der Waals surface area (Å²) in [5.74, 6) is 1.72. The third-order valence-electron chi connectivity index (χ3n) is 4.84. The van der Waals surface area contributed by atoms with E-state index in [0.29, 0.717) is 18.8 Å². The van der Waals surface area contributed by atoms with Crippen LogP contribution in [0.25, 0.3) is 0 Å². The van der Waals surface area contributed by atoms with Gasteiger partial charge in [-0.1, -0.05) is 48.9 Å². The molecule has 0 radical (unpaired) electrons. The van der Waals surface area contributed by atoms with Gasteiger partial charge in [-0.2, -0.15) is 0 Å². The minimum Gasteiger partial charge on any atom is -0.497 e. The maximum atomic E-state index is 13.0. The van der Waals surface area contributed by atoms with Gasteiger partial charge in [-0.3, -0.25) is 9.59 Å². The summed E-state index contributed by atoms with van der Waals surface area (Å²) in [7, 11) is 1.64. The zero-order valence-corrected chi connectivity index (χ0v) is 19.1. The molecule has 0 aromatic heterocycles. The van der Waals surface area contributed by atoms with Crippen molar-refractivity contribution >= 4 is 23.6 Å². The molecule has 2 aromatic rings. The molecule has 0 spiro atoms. The van der Waals surface area contributed by atoms with Crippen LogP contribution in [-0.4, -0.2) is 42.2 Å². The first-order chi connectivity index (χ1) is 14.4. The summed E-state index contributed by atoms with van der Waals surface area (Å²) in [5, 5.41) is 2.90. The number of carbonyl (C=O) groups is 2. The molecule has 0 unspecified atom stereocenters. The molecule has 2 aromatic carbocycles. The summed E-state index contributed by atoms with van der Waals surface area (Å²) in [5.41, 5.74) is 3.32. The van der Waals surface area contributed by atoms with E-state index in [-0.39, 0.29) is 11.8 Å². The Balaban J connectivity index is 2.02. The molecular weight excluding hydrogens is 396 g/mol. The van der Waals surface area contributed by atoms with Crippen LogP contribution in [0.3, 0.4) is 0 Å². The second-order valence-corrected chi connectivity index (χ2v) is 8.30. The van der Waals surface area contributed by atoms with Crippen molar-refractivity contribution in [3.63, 3.8) is 0 Å². The summed E-state index contributed by atoms with van der Waals surface area (Å²) in [6, 6.07) is 15.4. The van der Waals surface area contributed by atoms with E-state index in [4.69, 9.17) is 4.74 Å². The lowest BCUT2D eigenvalue weighted by Gasteiger charge is -2.28. The first-order valence-electron chi connectivity index (χ1n) is 10.3. The van der Waals surface area contributed by atoms with Gasteiger partial charge in [-0.15, -0.1) is 11.8 Å². The third-order valence-corrected chi connectivity index (χ3v) is 5.83. The lowest BCUT2D eigenvalue weighted by Crippen LogP contribution is -2.48. The Morgan fingerprint density at radius 3 is 2.30 bits per heavy atom. The van der Waals surface area contributed by atoms with E-state index in [1.807, 2.05) is 62.4 Å². The largest absolute Gasteiger partial charge is 0.497 e. The molecule has 162 valence electrons. The maximum Gasteiger partial charge on any atom is 0.242 e. The number of rotatable bonds is 11. The normalized spacial score (nSPS) is 11.6. The fourth-order valence-electron chi connectivity index (χ4n) is 2.93. The molecule has 1 N–H and O–H groups in total. The van der Waals surface area contributed by atoms with Gasteiger partial charge in [0, 0.05) is 18.8 Å². The van der Waals surface area contributed by atoms with Gasteiger partial charge in [0.2, 0.25) is 11.8 Å². The summed E-state index contributed by atoms with van der Waals surface area (Å²) in [6.45, 7) is 6.87. The van der Waals surface area contributed by atoms with Gasteiger partial charge < -0.3 is 15.0 Å². The minimum absolute atomic E-state index is 0.0340. The smallest absolute Gasteiger partial charge is 0.242 e. The predicted octanol–water partition coefficient (Wildman–Crippen LogP) is 4.18. The van der Waals surface area contributed by atoms with Crippen LogP contribution in [-0.2, 0) is 21.9 Å². The van der Waals surface area contributed by atoms with Crippen LogP contribution in [0.4, 0.5) is 0 Å². The number of aryl methyl sites for hydroxylation is 1. The highest BCUT2D eigenvalue weighted by atomic mass is 32.2. The van der Waals surface area contributed by atoms with Crippen molar-refractivity contribution < 1.29 is 14.3 Å². The summed E-state index contributed by atoms with van der Waals surface area (Å²) in [6.07, 6.45) is 0.863. The van der Waals surface area contributed by atoms with Crippen molar-refractivity contribution in [2.45, 2.75) is 45.5 Å². The van der Waals surface area contributed by atoms with E-state index in [2.05, 4.69) is 5.32 Å². The van der Waals surface area contributed by atoms with Crippen LogP contribution < -0.4 is 10.1 Å². The van der Waals surface area contributed by atoms with Gasteiger partial charge in [0.1, 0.15) is 11.8 Å². The highest BCUT2D eigenvalue weighted by Gasteiger charge is 2.25. The van der Waals surface area contributed by atoms with Crippen LogP contribution in [0.1, 0.15) is 37.0 Å². The topological polar surface area (TPSA) is 58.6 Å². The molecular formula is C24H32N2O3S. The van der Waals surface area contributed by atoms with Crippen molar-refractivity contribution in [1.82, 2.24) is 10.2 Å². The molecule has 0 fully saturated rings. The van der Waals surface area contributed by atoms with Gasteiger partial charge >= 0.3 is 0 Å². The Kier molecular flexibility index (Phi) is 9.74. The molecule has 1 atom stereocenters. The monoisotopic (exact) mass is 428 g/mol. The second-order valence-electron chi connectivity index (χ2n) is 7.32. The maximum absolute atomic E-state index is 13.0. The Hall–Kier alpha value is -2.47. The number of benzene rings is 2. The fraction of sp³-hybridized carbons (Fsp3) is 0.417. The Morgan fingerprint density at radius 2 is 1.70 bits per heavy atom. The zero-order chi connectivity index (χ0) is 21.9. The van der Waals surface area contributed by atoms with E-state index < -0.39 is 6.04 Å². The number of carbonyl (C=O) groups excluding carboxylic acids is 2. The lowest BCUT2D eigenvalue weighted by atomic mass is 10.1. The van der Waals surface area contributed by atoms with Crippen molar-refractivity contribution in [2.24, 2.45) is 0 Å². The number of methoxy groups -OCH3 is 1. The lowest BCUT2D eigenvalue weighted by molar-refractivity contribution is -0.138. The molecule has 5 nitrogen and oxygen atoms in total. The summed E-state index contributed by atoms with van der Waals surface area (Å²) < 4.78 is 5.18. The number of hydrogen-bond acceptors (Lipinski definition) is 4. The summed E-state index contributed by atoms with van der Waals surface area (Å²) in [4.78, 5) is 27.2. The van der Waals surface area contributed by atoms with E-state index in [1.165, 1.54) is 5.56 Å². The molecule has 0 saturated heterocycles. The number of thioether (sulfide) groups is 1. The first kappa shape index (κ1) is 23.8. The fourth-order valence-corrected chi connectivity index (χ4v) is 3.80. The number of amides is 2. The molecule has 2 rings (SSSR count). The van der Waals surface area contributed by atoms with Crippen LogP contribution in [0.15, 0.2) is 48.5 Å². The summed E-state index contributed by atoms with van der Waals surface area (Å²) >= 11 is 1.55. The van der Waals surface area contributed by atoms with Gasteiger partial charge in [-0.05, 0) is 43.5 Å². The highest BCUT2D eigenvalue weighted by molar-refractivity contribution is 7.99. The molecule has 0 aliphatic rings. The second kappa shape index (κ2) is 12.3. The zero-order valence-electron chi connectivity index (χ0n) is 18.3. The van der Waals surface area contributed by atoms with Gasteiger partial charge in [0.15, 0.2) is 0 Å². The molecule has 0 heterocycles. The van der Waals surface area contributed by atoms with Crippen molar-refractivity contribution in [3.8, 4) is 5.75 Å². The number of ether oxygens (including phenoxy) is 1. The van der Waals surface area contributed by atoms with E-state index >= 15 is 0 Å². The molecule has 6 heteroatoms. The molecule has 0 aliphatic heterocycles. The van der Waals surface area contributed by atoms with Crippen LogP contribution in [0.5, 0.6) is 5.75 Å². The number of nitrogens with zero attached hydrogens (tertiary/aromatic N) is 1. The van der Waals surface area contributed by atoms with Crippen LogP contribution in [0.2, 0.25) is 0 Å². The van der Waals surface area contributed by atoms with E-state index in [1.54, 1.807) is 30.7 Å². The van der Waals surface area contributed by atoms with Crippen molar-refractivity contribution in [1.29, 1.82) is 0 Å². The minimum atomic E-state index is -0.521. The predicted molar refractivity (Wildman–Crippen MR) is 124 cm³/mol. The SMILES string of the molecule is CCCNC(=O)[C@H](C)N(Cc1ccc(C)cc1)C(=O)CSCc1ccc(OC)cc1. The quantitative estimate of drug-likeness (QED) is 0.583. The van der Waals surface area contributed by atoms with Gasteiger partial charge in [-0.25, -0.2) is 0 Å². The Labute approximate surface area is 184 Å².